The summed E-state index contributed by atoms with van der Waals surface area (Å²) in [6.07, 6.45) is 2.43. The fraction of sp³-hybridized carbons (Fsp3) is 0.625. The maximum Gasteiger partial charge on any atom is 0.214 e. The minimum absolute atomic E-state index is 0.00370. The van der Waals surface area contributed by atoms with Crippen molar-refractivity contribution in [2.75, 3.05) is 12.4 Å². The van der Waals surface area contributed by atoms with E-state index in [0.29, 0.717) is 16.7 Å². The first-order valence-corrected chi connectivity index (χ1v) is 10.3. The second-order valence-corrected chi connectivity index (χ2v) is 8.85. The van der Waals surface area contributed by atoms with E-state index in [0.717, 1.165) is 24.8 Å². The van der Waals surface area contributed by atoms with Gasteiger partial charge in [-0.3, -0.25) is 0 Å². The molecule has 0 unspecified atom stereocenters. The molecule has 0 aliphatic carbocycles. The van der Waals surface area contributed by atoms with E-state index in [2.05, 4.69) is 4.72 Å². The van der Waals surface area contributed by atoms with Crippen LogP contribution in [0.1, 0.15) is 44.6 Å². The molecule has 1 fully saturated rings. The van der Waals surface area contributed by atoms with E-state index < -0.39 is 10.0 Å². The fourth-order valence-corrected chi connectivity index (χ4v) is 4.80. The molecule has 1 heterocycles. The third-order valence-corrected chi connectivity index (χ3v) is 6.20. The zero-order chi connectivity index (χ0) is 17.0. The van der Waals surface area contributed by atoms with Crippen LogP contribution in [0.25, 0.3) is 0 Å². The van der Waals surface area contributed by atoms with E-state index in [1.54, 1.807) is 6.07 Å². The maximum atomic E-state index is 12.3. The van der Waals surface area contributed by atoms with Crippen molar-refractivity contribution in [3.05, 3.63) is 33.8 Å². The number of hydrogen-bond donors (Lipinski definition) is 1. The van der Waals surface area contributed by atoms with E-state index in [4.69, 9.17) is 27.9 Å². The molecule has 0 spiro atoms. The number of ether oxygens (including phenoxy) is 1. The summed E-state index contributed by atoms with van der Waals surface area (Å²) in [4.78, 5) is 0. The Labute approximate surface area is 148 Å². The summed E-state index contributed by atoms with van der Waals surface area (Å²) in [5.41, 5.74) is 0.978. The summed E-state index contributed by atoms with van der Waals surface area (Å²) in [6, 6.07) is 5.35. The van der Waals surface area contributed by atoms with Crippen LogP contribution in [0.3, 0.4) is 0 Å². The van der Waals surface area contributed by atoms with Crippen LogP contribution in [-0.2, 0) is 14.8 Å². The lowest BCUT2D eigenvalue weighted by molar-refractivity contribution is 0.0614. The first kappa shape index (κ1) is 19.0. The third kappa shape index (κ3) is 5.61. The van der Waals surface area contributed by atoms with Crippen molar-refractivity contribution in [1.29, 1.82) is 0 Å². The molecule has 0 aromatic heterocycles. The van der Waals surface area contributed by atoms with Crippen LogP contribution in [0.2, 0.25) is 10.0 Å². The second kappa shape index (κ2) is 8.17. The molecule has 1 aliphatic rings. The van der Waals surface area contributed by atoms with Crippen LogP contribution in [0.5, 0.6) is 0 Å². The lowest BCUT2D eigenvalue weighted by Crippen LogP contribution is -2.39. The highest BCUT2D eigenvalue weighted by atomic mass is 35.5. The molecule has 2 rings (SSSR count). The van der Waals surface area contributed by atoms with Crippen LogP contribution in [0.4, 0.5) is 0 Å². The molecule has 2 atom stereocenters. The van der Waals surface area contributed by atoms with Crippen molar-refractivity contribution in [1.82, 2.24) is 4.72 Å². The van der Waals surface area contributed by atoms with Crippen LogP contribution in [-0.4, -0.2) is 32.9 Å². The molecule has 1 saturated heterocycles. The van der Waals surface area contributed by atoms with Gasteiger partial charge < -0.3 is 4.74 Å². The van der Waals surface area contributed by atoms with Gasteiger partial charge in [-0.2, -0.15) is 0 Å². The smallest absolute Gasteiger partial charge is 0.214 e. The highest BCUT2D eigenvalue weighted by Gasteiger charge is 2.31. The molecular formula is C16H23Cl2NO3S. The largest absolute Gasteiger partial charge is 0.376 e. The van der Waals surface area contributed by atoms with Gasteiger partial charge in [-0.25, -0.2) is 13.1 Å². The van der Waals surface area contributed by atoms with Crippen molar-refractivity contribution in [3.63, 3.8) is 0 Å². The van der Waals surface area contributed by atoms with Crippen molar-refractivity contribution >= 4 is 33.2 Å². The number of benzene rings is 1. The average Bonchev–Trinajstić information content (AvgIpc) is 2.65. The first-order valence-electron chi connectivity index (χ1n) is 7.85. The summed E-state index contributed by atoms with van der Waals surface area (Å²) in [6.45, 7) is 4.20. The van der Waals surface area contributed by atoms with Gasteiger partial charge >= 0.3 is 0 Å². The van der Waals surface area contributed by atoms with E-state index in [-0.39, 0.29) is 23.8 Å². The van der Waals surface area contributed by atoms with Gasteiger partial charge in [0.15, 0.2) is 0 Å². The molecule has 1 aromatic carbocycles. The van der Waals surface area contributed by atoms with Crippen LogP contribution in [0.15, 0.2) is 18.2 Å². The zero-order valence-electron chi connectivity index (χ0n) is 13.4. The Morgan fingerprint density at radius 2 is 2.00 bits per heavy atom. The third-order valence-electron chi connectivity index (χ3n) is 3.86. The zero-order valence-corrected chi connectivity index (χ0v) is 15.7. The molecule has 0 radical (unpaired) electrons. The summed E-state index contributed by atoms with van der Waals surface area (Å²) in [5, 5.41) is 0.978. The Morgan fingerprint density at radius 3 is 2.65 bits per heavy atom. The molecule has 0 saturated carbocycles. The van der Waals surface area contributed by atoms with Gasteiger partial charge in [-0.1, -0.05) is 35.7 Å². The van der Waals surface area contributed by atoms with Gasteiger partial charge in [0.05, 0.1) is 21.9 Å². The molecule has 4 nitrogen and oxygen atoms in total. The summed E-state index contributed by atoms with van der Waals surface area (Å²) in [5.74, 6) is -0.0492. The second-order valence-electron chi connectivity index (χ2n) is 6.24. The molecular weight excluding hydrogens is 357 g/mol. The Balaban J connectivity index is 2.24. The minimum Gasteiger partial charge on any atom is -0.376 e. The topological polar surface area (TPSA) is 55.4 Å². The highest BCUT2D eigenvalue weighted by molar-refractivity contribution is 7.89. The van der Waals surface area contributed by atoms with E-state index in [1.165, 1.54) is 0 Å². The lowest BCUT2D eigenvalue weighted by atomic mass is 9.90. The van der Waals surface area contributed by atoms with Gasteiger partial charge in [0.1, 0.15) is 0 Å². The summed E-state index contributed by atoms with van der Waals surface area (Å²) in [7, 11) is -3.39. The summed E-state index contributed by atoms with van der Waals surface area (Å²) < 4.78 is 33.0. The highest BCUT2D eigenvalue weighted by Crippen LogP contribution is 2.34. The van der Waals surface area contributed by atoms with E-state index in [9.17, 15) is 8.42 Å². The Bertz CT molecular complexity index is 634. The monoisotopic (exact) mass is 379 g/mol. The number of halogens is 2. The standard InChI is InChI=1S/C16H23Cl2NO3S/c1-11(2)19-23(20,21)10-16-13(5-3-4-8-22-16)12-6-7-14(17)15(18)9-12/h6-7,9,11,13,16,19H,3-5,8,10H2,1-2H3/t13-,16+/m0/s1. The molecule has 1 aromatic rings. The number of hydrogen-bond acceptors (Lipinski definition) is 3. The molecule has 130 valence electrons. The fourth-order valence-electron chi connectivity index (χ4n) is 2.92. The minimum atomic E-state index is -3.39. The van der Waals surface area contributed by atoms with Crippen LogP contribution < -0.4 is 4.72 Å². The quantitative estimate of drug-likeness (QED) is 0.841. The summed E-state index contributed by atoms with van der Waals surface area (Å²) >= 11 is 12.1. The Kier molecular flexibility index (Phi) is 6.75. The van der Waals surface area contributed by atoms with Crippen molar-refractivity contribution < 1.29 is 13.2 Å². The number of rotatable bonds is 5. The molecule has 1 aliphatic heterocycles. The van der Waals surface area contributed by atoms with E-state index >= 15 is 0 Å². The molecule has 0 bridgehead atoms. The lowest BCUT2D eigenvalue weighted by Gasteiger charge is -2.26. The Hall–Kier alpha value is -0.330. The molecule has 23 heavy (non-hydrogen) atoms. The maximum absolute atomic E-state index is 12.3. The van der Waals surface area contributed by atoms with Gasteiger partial charge in [0.25, 0.3) is 0 Å². The Morgan fingerprint density at radius 1 is 1.26 bits per heavy atom. The molecule has 7 heteroatoms. The molecule has 1 N–H and O–H groups in total. The van der Waals surface area contributed by atoms with Gasteiger partial charge in [-0.05, 0) is 44.4 Å². The van der Waals surface area contributed by atoms with Crippen molar-refractivity contribution in [3.8, 4) is 0 Å². The average molecular weight is 380 g/mol. The normalized spacial score (nSPS) is 23.0. The van der Waals surface area contributed by atoms with Crippen molar-refractivity contribution in [2.45, 2.75) is 51.2 Å². The van der Waals surface area contributed by atoms with E-state index in [1.807, 2.05) is 26.0 Å². The molecule has 0 amide bonds. The predicted octanol–water partition coefficient (Wildman–Crippen LogP) is 3.97. The SMILES string of the molecule is CC(C)NS(=O)(=O)C[C@H]1OCCCC[C@H]1c1ccc(Cl)c(Cl)c1. The van der Waals surface area contributed by atoms with Crippen LogP contribution >= 0.6 is 23.2 Å². The van der Waals surface area contributed by atoms with Gasteiger partial charge in [0.2, 0.25) is 10.0 Å². The first-order chi connectivity index (χ1) is 10.8. The van der Waals surface area contributed by atoms with Gasteiger partial charge in [-0.15, -0.1) is 0 Å². The number of nitrogens with one attached hydrogen (secondary N) is 1. The number of sulfonamides is 1. The van der Waals surface area contributed by atoms with Crippen molar-refractivity contribution in [2.24, 2.45) is 0 Å². The predicted molar refractivity (Wildman–Crippen MR) is 94.9 cm³/mol. The van der Waals surface area contributed by atoms with Gasteiger partial charge in [0, 0.05) is 18.6 Å². The van der Waals surface area contributed by atoms with Crippen LogP contribution in [0, 0.1) is 0 Å².